The van der Waals surface area contributed by atoms with Crippen LogP contribution in [0.5, 0.6) is 0 Å². The summed E-state index contributed by atoms with van der Waals surface area (Å²) >= 11 is 0. The number of hydrogen-bond donors (Lipinski definition) is 0. The van der Waals surface area contributed by atoms with Crippen LogP contribution >= 0.6 is 0 Å². The molecule has 0 saturated carbocycles. The Morgan fingerprint density at radius 3 is 2.61 bits per heavy atom. The highest BCUT2D eigenvalue weighted by Crippen LogP contribution is 2.19. The van der Waals surface area contributed by atoms with Crippen molar-refractivity contribution in [1.82, 2.24) is 4.90 Å². The number of rotatable bonds is 2. The van der Waals surface area contributed by atoms with E-state index < -0.39 is 4.92 Å². The molecule has 0 unspecified atom stereocenters. The number of non-ortho nitro benzene ring substituents is 1. The molecule has 0 N–H and O–H groups in total. The molecule has 18 heavy (non-hydrogen) atoms. The van der Waals surface area contributed by atoms with E-state index in [-0.39, 0.29) is 11.6 Å². The van der Waals surface area contributed by atoms with Gasteiger partial charge >= 0.3 is 0 Å². The van der Waals surface area contributed by atoms with Crippen LogP contribution in [-0.4, -0.2) is 42.0 Å². The lowest BCUT2D eigenvalue weighted by Gasteiger charge is -2.27. The number of ether oxygens (including phenoxy) is 1. The largest absolute Gasteiger partial charge is 0.378 e. The molecule has 1 aromatic carbocycles. The fraction of sp³-hybridized carbons (Fsp3) is 0.417. The predicted molar refractivity (Wildman–Crippen MR) is 64.6 cm³/mol. The van der Waals surface area contributed by atoms with Crippen LogP contribution in [0.3, 0.4) is 0 Å². The SMILES string of the molecule is Cc1cc([N+](=O)[O-])ccc1C(=O)N1CCOCC1. The van der Waals surface area contributed by atoms with Gasteiger partial charge in [-0.25, -0.2) is 0 Å². The number of hydrogen-bond acceptors (Lipinski definition) is 4. The van der Waals surface area contributed by atoms with Gasteiger partial charge in [0, 0.05) is 30.8 Å². The van der Waals surface area contributed by atoms with Crippen LogP contribution in [0.15, 0.2) is 18.2 Å². The maximum absolute atomic E-state index is 12.2. The Balaban J connectivity index is 2.22. The number of aryl methyl sites for hydroxylation is 1. The van der Waals surface area contributed by atoms with Crippen LogP contribution in [0.2, 0.25) is 0 Å². The van der Waals surface area contributed by atoms with Gasteiger partial charge in [0.25, 0.3) is 11.6 Å². The van der Waals surface area contributed by atoms with Crippen molar-refractivity contribution in [2.24, 2.45) is 0 Å². The Morgan fingerprint density at radius 1 is 1.39 bits per heavy atom. The number of amides is 1. The van der Waals surface area contributed by atoms with E-state index in [0.29, 0.717) is 37.4 Å². The first-order valence-electron chi connectivity index (χ1n) is 5.71. The second-order valence-corrected chi connectivity index (χ2v) is 4.16. The summed E-state index contributed by atoms with van der Waals surface area (Å²) in [4.78, 5) is 24.1. The predicted octanol–water partition coefficient (Wildman–Crippen LogP) is 1.38. The van der Waals surface area contributed by atoms with Crippen molar-refractivity contribution in [3.63, 3.8) is 0 Å². The van der Waals surface area contributed by atoms with E-state index in [9.17, 15) is 14.9 Å². The number of carbonyl (C=O) groups is 1. The summed E-state index contributed by atoms with van der Waals surface area (Å²) < 4.78 is 5.18. The first kappa shape index (κ1) is 12.5. The molecule has 1 aliphatic heterocycles. The molecule has 96 valence electrons. The Labute approximate surface area is 104 Å². The molecule has 1 heterocycles. The van der Waals surface area contributed by atoms with Gasteiger partial charge in [0.1, 0.15) is 0 Å². The van der Waals surface area contributed by atoms with E-state index >= 15 is 0 Å². The summed E-state index contributed by atoms with van der Waals surface area (Å²) in [6, 6.07) is 4.31. The Kier molecular flexibility index (Phi) is 3.57. The highest BCUT2D eigenvalue weighted by Gasteiger charge is 2.21. The summed E-state index contributed by atoms with van der Waals surface area (Å²) in [5, 5.41) is 10.6. The molecular weight excluding hydrogens is 236 g/mol. The van der Waals surface area contributed by atoms with E-state index in [2.05, 4.69) is 0 Å². The minimum absolute atomic E-state index is 0.00558. The van der Waals surface area contributed by atoms with Crippen molar-refractivity contribution in [3.8, 4) is 0 Å². The van der Waals surface area contributed by atoms with E-state index in [1.807, 2.05) is 0 Å². The molecule has 2 rings (SSSR count). The maximum Gasteiger partial charge on any atom is 0.269 e. The van der Waals surface area contributed by atoms with Gasteiger partial charge in [-0.1, -0.05) is 0 Å². The summed E-state index contributed by atoms with van der Waals surface area (Å²) in [6.45, 7) is 3.92. The molecule has 0 aliphatic carbocycles. The average molecular weight is 250 g/mol. The van der Waals surface area contributed by atoms with Crippen LogP contribution in [0.25, 0.3) is 0 Å². The lowest BCUT2D eigenvalue weighted by Crippen LogP contribution is -2.40. The summed E-state index contributed by atoms with van der Waals surface area (Å²) in [5.74, 6) is -0.0919. The van der Waals surface area contributed by atoms with Gasteiger partial charge in [-0.2, -0.15) is 0 Å². The van der Waals surface area contributed by atoms with Crippen LogP contribution in [-0.2, 0) is 4.74 Å². The molecule has 1 amide bonds. The normalized spacial score (nSPS) is 15.5. The Bertz CT molecular complexity index is 481. The Hall–Kier alpha value is -1.95. The minimum atomic E-state index is -0.462. The molecule has 1 fully saturated rings. The third-order valence-electron chi connectivity index (χ3n) is 2.95. The average Bonchev–Trinajstić information content (AvgIpc) is 2.38. The molecule has 0 spiro atoms. The van der Waals surface area contributed by atoms with Gasteiger partial charge < -0.3 is 9.64 Å². The van der Waals surface area contributed by atoms with Crippen molar-refractivity contribution in [3.05, 3.63) is 39.4 Å². The van der Waals surface area contributed by atoms with Crippen LogP contribution < -0.4 is 0 Å². The quantitative estimate of drug-likeness (QED) is 0.587. The maximum atomic E-state index is 12.2. The second-order valence-electron chi connectivity index (χ2n) is 4.16. The molecule has 0 atom stereocenters. The lowest BCUT2D eigenvalue weighted by molar-refractivity contribution is -0.384. The van der Waals surface area contributed by atoms with Crippen molar-refractivity contribution in [2.75, 3.05) is 26.3 Å². The van der Waals surface area contributed by atoms with Crippen molar-refractivity contribution in [2.45, 2.75) is 6.92 Å². The summed E-state index contributed by atoms with van der Waals surface area (Å²) in [6.07, 6.45) is 0. The van der Waals surface area contributed by atoms with Gasteiger partial charge in [0.15, 0.2) is 0 Å². The monoisotopic (exact) mass is 250 g/mol. The standard InChI is InChI=1S/C12H14N2O4/c1-9-8-10(14(16)17)2-3-11(9)12(15)13-4-6-18-7-5-13/h2-3,8H,4-7H2,1H3. The topological polar surface area (TPSA) is 72.7 Å². The third-order valence-corrected chi connectivity index (χ3v) is 2.95. The fourth-order valence-corrected chi connectivity index (χ4v) is 1.94. The van der Waals surface area contributed by atoms with Crippen molar-refractivity contribution in [1.29, 1.82) is 0 Å². The number of benzene rings is 1. The third kappa shape index (κ3) is 2.48. The first-order valence-corrected chi connectivity index (χ1v) is 5.71. The zero-order valence-electron chi connectivity index (χ0n) is 10.1. The van der Waals surface area contributed by atoms with Gasteiger partial charge in [0.2, 0.25) is 0 Å². The zero-order valence-corrected chi connectivity index (χ0v) is 10.1. The molecule has 0 bridgehead atoms. The first-order chi connectivity index (χ1) is 8.59. The molecule has 6 nitrogen and oxygen atoms in total. The number of nitrogens with zero attached hydrogens (tertiary/aromatic N) is 2. The summed E-state index contributed by atoms with van der Waals surface area (Å²) in [7, 11) is 0. The van der Waals surface area contributed by atoms with Crippen LogP contribution in [0, 0.1) is 17.0 Å². The number of nitro groups is 1. The van der Waals surface area contributed by atoms with Crippen LogP contribution in [0.4, 0.5) is 5.69 Å². The van der Waals surface area contributed by atoms with Gasteiger partial charge in [-0.15, -0.1) is 0 Å². The van der Waals surface area contributed by atoms with E-state index in [4.69, 9.17) is 4.74 Å². The molecule has 1 aromatic rings. The Morgan fingerprint density at radius 2 is 2.06 bits per heavy atom. The number of morpholine rings is 1. The number of carbonyl (C=O) groups excluding carboxylic acids is 1. The lowest BCUT2D eigenvalue weighted by atomic mass is 10.1. The van der Waals surface area contributed by atoms with Crippen molar-refractivity contribution < 1.29 is 14.5 Å². The van der Waals surface area contributed by atoms with E-state index in [1.54, 1.807) is 11.8 Å². The zero-order chi connectivity index (χ0) is 13.1. The highest BCUT2D eigenvalue weighted by atomic mass is 16.6. The smallest absolute Gasteiger partial charge is 0.269 e. The molecule has 6 heteroatoms. The minimum Gasteiger partial charge on any atom is -0.378 e. The van der Waals surface area contributed by atoms with Crippen LogP contribution in [0.1, 0.15) is 15.9 Å². The molecule has 0 radical (unpaired) electrons. The second kappa shape index (κ2) is 5.14. The molecule has 0 aromatic heterocycles. The van der Waals surface area contributed by atoms with Gasteiger partial charge in [0.05, 0.1) is 18.1 Å². The number of nitro benzene ring substituents is 1. The van der Waals surface area contributed by atoms with E-state index in [1.165, 1.54) is 18.2 Å². The summed E-state index contributed by atoms with van der Waals surface area (Å²) in [5.41, 5.74) is 1.15. The molecule has 1 aliphatic rings. The molecule has 1 saturated heterocycles. The molecular formula is C12H14N2O4. The van der Waals surface area contributed by atoms with Crippen molar-refractivity contribution >= 4 is 11.6 Å². The van der Waals surface area contributed by atoms with Gasteiger partial charge in [-0.05, 0) is 18.6 Å². The highest BCUT2D eigenvalue weighted by molar-refractivity contribution is 5.96. The van der Waals surface area contributed by atoms with Gasteiger partial charge in [-0.3, -0.25) is 14.9 Å². The van der Waals surface area contributed by atoms with E-state index in [0.717, 1.165) is 0 Å². The fourth-order valence-electron chi connectivity index (χ4n) is 1.94.